The molecule has 1 aromatic carbocycles. The van der Waals surface area contributed by atoms with Gasteiger partial charge in [0.2, 0.25) is 0 Å². The highest BCUT2D eigenvalue weighted by atomic mass is 15.0. The summed E-state index contributed by atoms with van der Waals surface area (Å²) in [5, 5.41) is 2.33. The molecule has 3 heteroatoms. The van der Waals surface area contributed by atoms with Crippen LogP contribution in [0, 0.1) is 0 Å². The fourth-order valence-corrected chi connectivity index (χ4v) is 1.71. The topological polar surface area (TPSA) is 30.7 Å². The molecule has 0 aliphatic rings. The molecule has 3 rings (SSSR count). The van der Waals surface area contributed by atoms with E-state index in [9.17, 15) is 0 Å². The van der Waals surface area contributed by atoms with Gasteiger partial charge < -0.3 is 4.57 Å². The first-order valence-corrected chi connectivity index (χ1v) is 4.76. The van der Waals surface area contributed by atoms with E-state index in [1.165, 1.54) is 5.39 Å². The summed E-state index contributed by atoms with van der Waals surface area (Å²) in [6, 6.07) is 8.19. The van der Waals surface area contributed by atoms with Crippen LogP contribution >= 0.6 is 0 Å². The minimum Gasteiger partial charge on any atom is -0.304 e. The predicted molar refractivity (Wildman–Crippen MR) is 58.9 cm³/mol. The lowest BCUT2D eigenvalue weighted by Crippen LogP contribution is -1.92. The molecule has 15 heavy (non-hydrogen) atoms. The third-order valence-electron chi connectivity index (χ3n) is 2.43. The van der Waals surface area contributed by atoms with Crippen LogP contribution in [-0.2, 0) is 0 Å². The predicted octanol–water partition coefficient (Wildman–Crippen LogP) is 2.42. The Bertz CT molecular complexity index is 579. The highest BCUT2D eigenvalue weighted by Gasteiger charge is 2.01. The van der Waals surface area contributed by atoms with Gasteiger partial charge in [0.1, 0.15) is 0 Å². The summed E-state index contributed by atoms with van der Waals surface area (Å²) in [4.78, 5) is 8.26. The molecule has 0 amide bonds. The summed E-state index contributed by atoms with van der Waals surface area (Å²) in [5.41, 5.74) is 1.06. The zero-order chi connectivity index (χ0) is 10.1. The number of benzene rings is 1. The van der Waals surface area contributed by atoms with Crippen LogP contribution < -0.4 is 0 Å². The van der Waals surface area contributed by atoms with Crippen molar-refractivity contribution in [1.82, 2.24) is 14.5 Å². The first-order chi connectivity index (χ1) is 7.45. The Balaban J connectivity index is 2.36. The third-order valence-corrected chi connectivity index (χ3v) is 2.43. The van der Waals surface area contributed by atoms with Gasteiger partial charge in [-0.2, -0.15) is 0 Å². The molecule has 0 fully saturated rings. The molecule has 0 N–H and O–H groups in total. The number of pyridine rings is 1. The number of rotatable bonds is 1. The average molecular weight is 195 g/mol. The molecule has 2 heterocycles. The van der Waals surface area contributed by atoms with Crippen molar-refractivity contribution in [3.63, 3.8) is 0 Å². The zero-order valence-electron chi connectivity index (χ0n) is 8.04. The molecule has 0 radical (unpaired) electrons. The van der Waals surface area contributed by atoms with E-state index in [0.29, 0.717) is 0 Å². The quantitative estimate of drug-likeness (QED) is 0.597. The molecule has 72 valence electrons. The lowest BCUT2D eigenvalue weighted by molar-refractivity contribution is 1.05. The van der Waals surface area contributed by atoms with Gasteiger partial charge in [-0.1, -0.05) is 24.3 Å². The second-order valence-corrected chi connectivity index (χ2v) is 3.35. The van der Waals surface area contributed by atoms with Gasteiger partial charge in [0.25, 0.3) is 0 Å². The van der Waals surface area contributed by atoms with Gasteiger partial charge in [-0.3, -0.25) is 4.98 Å². The Morgan fingerprint density at radius 2 is 1.93 bits per heavy atom. The summed E-state index contributed by atoms with van der Waals surface area (Å²) < 4.78 is 1.97. The summed E-state index contributed by atoms with van der Waals surface area (Å²) >= 11 is 0. The van der Waals surface area contributed by atoms with Gasteiger partial charge in [-0.05, 0) is 0 Å². The minimum absolute atomic E-state index is 1.06. The Morgan fingerprint density at radius 1 is 1.00 bits per heavy atom. The zero-order valence-corrected chi connectivity index (χ0v) is 8.04. The van der Waals surface area contributed by atoms with Crippen LogP contribution in [0.25, 0.3) is 16.5 Å². The molecule has 2 aromatic heterocycles. The Labute approximate surface area is 87.0 Å². The fourth-order valence-electron chi connectivity index (χ4n) is 1.71. The number of imidazole rings is 1. The maximum absolute atomic E-state index is 4.22. The van der Waals surface area contributed by atoms with E-state index < -0.39 is 0 Å². The summed E-state index contributed by atoms with van der Waals surface area (Å²) in [6.45, 7) is 0. The standard InChI is InChI=1S/C12H9N3/c1-2-4-11-10(3-1)7-14-8-12(11)15-6-5-13-9-15/h1-9H. The van der Waals surface area contributed by atoms with Crippen LogP contribution in [0.3, 0.4) is 0 Å². The smallest absolute Gasteiger partial charge is 0.0992 e. The van der Waals surface area contributed by atoms with Crippen molar-refractivity contribution in [3.05, 3.63) is 55.4 Å². The van der Waals surface area contributed by atoms with Crippen LogP contribution in [-0.4, -0.2) is 14.5 Å². The SMILES string of the molecule is c1ccc2c(-n3ccnc3)cncc2c1. The van der Waals surface area contributed by atoms with E-state index in [2.05, 4.69) is 22.1 Å². The average Bonchev–Trinajstić information content (AvgIpc) is 2.82. The van der Waals surface area contributed by atoms with Crippen molar-refractivity contribution in [2.45, 2.75) is 0 Å². The number of aromatic nitrogens is 3. The van der Waals surface area contributed by atoms with Crippen molar-refractivity contribution in [2.24, 2.45) is 0 Å². The van der Waals surface area contributed by atoms with Crippen molar-refractivity contribution in [2.75, 3.05) is 0 Å². The number of nitrogens with zero attached hydrogens (tertiary/aromatic N) is 3. The van der Waals surface area contributed by atoms with Crippen molar-refractivity contribution in [3.8, 4) is 5.69 Å². The van der Waals surface area contributed by atoms with Crippen LogP contribution in [0.5, 0.6) is 0 Å². The highest BCUT2D eigenvalue weighted by Crippen LogP contribution is 2.19. The number of fused-ring (bicyclic) bond motifs is 1. The van der Waals surface area contributed by atoms with Crippen molar-refractivity contribution < 1.29 is 0 Å². The Morgan fingerprint density at radius 3 is 2.80 bits per heavy atom. The summed E-state index contributed by atoms with van der Waals surface area (Å²) in [7, 11) is 0. The largest absolute Gasteiger partial charge is 0.304 e. The second-order valence-electron chi connectivity index (χ2n) is 3.35. The second kappa shape index (κ2) is 3.20. The molecule has 0 saturated heterocycles. The fraction of sp³-hybridized carbons (Fsp3) is 0. The molecule has 0 saturated carbocycles. The molecule has 0 atom stereocenters. The molecular formula is C12H9N3. The normalized spacial score (nSPS) is 10.7. The van der Waals surface area contributed by atoms with Crippen molar-refractivity contribution >= 4 is 10.8 Å². The Kier molecular flexibility index (Phi) is 1.75. The van der Waals surface area contributed by atoms with Gasteiger partial charge in [-0.15, -0.1) is 0 Å². The van der Waals surface area contributed by atoms with Crippen LogP contribution in [0.15, 0.2) is 55.4 Å². The molecule has 0 unspecified atom stereocenters. The molecule has 3 aromatic rings. The first-order valence-electron chi connectivity index (χ1n) is 4.76. The summed E-state index contributed by atoms with van der Waals surface area (Å²) in [6.07, 6.45) is 9.19. The maximum atomic E-state index is 4.22. The third kappa shape index (κ3) is 1.29. The first kappa shape index (κ1) is 8.17. The van der Waals surface area contributed by atoms with Crippen molar-refractivity contribution in [1.29, 1.82) is 0 Å². The van der Waals surface area contributed by atoms with E-state index >= 15 is 0 Å². The van der Waals surface area contributed by atoms with E-state index in [4.69, 9.17) is 0 Å². The van der Waals surface area contributed by atoms with Gasteiger partial charge in [0.15, 0.2) is 0 Å². The van der Waals surface area contributed by atoms with E-state index in [-0.39, 0.29) is 0 Å². The molecule has 3 nitrogen and oxygen atoms in total. The molecule has 0 spiro atoms. The molecule has 0 aliphatic heterocycles. The van der Waals surface area contributed by atoms with Crippen LogP contribution in [0.1, 0.15) is 0 Å². The monoisotopic (exact) mass is 195 g/mol. The lowest BCUT2D eigenvalue weighted by Gasteiger charge is -2.05. The highest BCUT2D eigenvalue weighted by molar-refractivity contribution is 5.88. The van der Waals surface area contributed by atoms with Gasteiger partial charge >= 0.3 is 0 Å². The number of hydrogen-bond acceptors (Lipinski definition) is 2. The molecule has 0 bridgehead atoms. The van der Waals surface area contributed by atoms with Gasteiger partial charge in [0.05, 0.1) is 18.2 Å². The van der Waals surface area contributed by atoms with Gasteiger partial charge in [0, 0.05) is 29.4 Å². The summed E-state index contributed by atoms with van der Waals surface area (Å²) in [5.74, 6) is 0. The Hall–Kier alpha value is -2.16. The minimum atomic E-state index is 1.06. The number of hydrogen-bond donors (Lipinski definition) is 0. The maximum Gasteiger partial charge on any atom is 0.0992 e. The molecular weight excluding hydrogens is 186 g/mol. The van der Waals surface area contributed by atoms with Crippen LogP contribution in [0.2, 0.25) is 0 Å². The van der Waals surface area contributed by atoms with E-state index in [1.807, 2.05) is 35.3 Å². The lowest BCUT2D eigenvalue weighted by atomic mass is 10.1. The van der Waals surface area contributed by atoms with E-state index in [1.54, 1.807) is 12.5 Å². The van der Waals surface area contributed by atoms with Crippen LogP contribution in [0.4, 0.5) is 0 Å². The molecule has 0 aliphatic carbocycles. The van der Waals surface area contributed by atoms with Gasteiger partial charge in [-0.25, -0.2) is 4.98 Å². The van der Waals surface area contributed by atoms with E-state index in [0.717, 1.165) is 11.1 Å².